The smallest absolute Gasteiger partial charge is 0.226 e. The predicted molar refractivity (Wildman–Crippen MR) is 78.4 cm³/mol. The first-order valence-electron chi connectivity index (χ1n) is 7.40. The predicted octanol–water partition coefficient (Wildman–Crippen LogP) is 2.78. The molecule has 0 saturated heterocycles. The van der Waals surface area contributed by atoms with E-state index in [9.17, 15) is 0 Å². The Balaban J connectivity index is 1.66. The number of hydrogen-bond donors (Lipinski definition) is 1. The average molecular weight is 260 g/mol. The molecule has 0 aliphatic heterocycles. The first kappa shape index (κ1) is 12.7. The van der Waals surface area contributed by atoms with Crippen LogP contribution in [0.1, 0.15) is 32.6 Å². The van der Waals surface area contributed by atoms with Crippen molar-refractivity contribution in [1.29, 1.82) is 0 Å². The van der Waals surface area contributed by atoms with Gasteiger partial charge in [0.1, 0.15) is 5.82 Å². The highest BCUT2D eigenvalue weighted by molar-refractivity contribution is 5.41. The molecule has 4 atom stereocenters. The maximum atomic E-state index is 4.55. The topological polar surface area (TPSA) is 41.1 Å². The molecular weight excluding hydrogens is 236 g/mol. The molecule has 4 unspecified atom stereocenters. The van der Waals surface area contributed by atoms with Gasteiger partial charge >= 0.3 is 0 Å². The minimum absolute atomic E-state index is 0.514. The van der Waals surface area contributed by atoms with Crippen molar-refractivity contribution in [2.24, 2.45) is 17.8 Å². The number of hydrogen-bond acceptors (Lipinski definition) is 4. The van der Waals surface area contributed by atoms with Crippen molar-refractivity contribution in [3.05, 3.63) is 12.3 Å². The van der Waals surface area contributed by atoms with Gasteiger partial charge in [0.05, 0.1) is 0 Å². The number of aromatic nitrogens is 2. The van der Waals surface area contributed by atoms with Gasteiger partial charge in [0.2, 0.25) is 5.95 Å². The summed E-state index contributed by atoms with van der Waals surface area (Å²) in [6, 6.07) is 2.48. The number of rotatable bonds is 4. The third-order valence-electron chi connectivity index (χ3n) is 4.85. The molecule has 1 aromatic heterocycles. The second kappa shape index (κ2) is 4.99. The van der Waals surface area contributed by atoms with Gasteiger partial charge in [-0.1, -0.05) is 6.42 Å². The van der Waals surface area contributed by atoms with Crippen molar-refractivity contribution in [3.8, 4) is 0 Å². The summed E-state index contributed by atoms with van der Waals surface area (Å²) < 4.78 is 0. The van der Waals surface area contributed by atoms with Crippen molar-refractivity contribution in [2.45, 2.75) is 38.6 Å². The van der Waals surface area contributed by atoms with Crippen LogP contribution in [0.2, 0.25) is 0 Å². The lowest BCUT2D eigenvalue weighted by Crippen LogP contribution is -2.30. The fourth-order valence-corrected chi connectivity index (χ4v) is 3.89. The molecule has 0 aromatic carbocycles. The van der Waals surface area contributed by atoms with Crippen LogP contribution in [0.15, 0.2) is 12.3 Å². The molecule has 4 heteroatoms. The van der Waals surface area contributed by atoms with Gasteiger partial charge < -0.3 is 10.2 Å². The van der Waals surface area contributed by atoms with E-state index in [1.54, 1.807) is 0 Å². The van der Waals surface area contributed by atoms with Crippen LogP contribution in [0.4, 0.5) is 11.8 Å². The minimum Gasteiger partial charge on any atom is -0.367 e. The molecule has 2 saturated carbocycles. The number of fused-ring (bicyclic) bond motifs is 2. The Morgan fingerprint density at radius 1 is 1.32 bits per heavy atom. The number of nitrogens with one attached hydrogen (secondary N) is 1. The Labute approximate surface area is 115 Å². The first-order chi connectivity index (χ1) is 9.13. The van der Waals surface area contributed by atoms with Gasteiger partial charge in [0, 0.05) is 26.3 Å². The second-order valence-corrected chi connectivity index (χ2v) is 6.41. The molecule has 0 spiro atoms. The van der Waals surface area contributed by atoms with Gasteiger partial charge in [-0.25, -0.2) is 4.98 Å². The highest BCUT2D eigenvalue weighted by Crippen LogP contribution is 2.49. The largest absolute Gasteiger partial charge is 0.367 e. The van der Waals surface area contributed by atoms with Crippen LogP contribution in [0.3, 0.4) is 0 Å². The Hall–Kier alpha value is -1.32. The molecular formula is C15H24N4. The van der Waals surface area contributed by atoms with Crippen molar-refractivity contribution in [1.82, 2.24) is 9.97 Å². The van der Waals surface area contributed by atoms with Gasteiger partial charge in [0.25, 0.3) is 0 Å². The molecule has 4 nitrogen and oxygen atoms in total. The molecule has 0 radical (unpaired) electrons. The van der Waals surface area contributed by atoms with E-state index in [-0.39, 0.29) is 0 Å². The van der Waals surface area contributed by atoms with Crippen molar-refractivity contribution < 1.29 is 0 Å². The van der Waals surface area contributed by atoms with Crippen LogP contribution in [-0.2, 0) is 0 Å². The molecule has 19 heavy (non-hydrogen) atoms. The zero-order chi connectivity index (χ0) is 13.4. The standard InChI is InChI=1S/C15H24N4/c1-10(13-9-11-4-5-12(13)8-11)17-14-6-7-16-15(18-14)19(2)3/h6-7,10-13H,4-5,8-9H2,1-3H3,(H,16,17,18). The first-order valence-corrected chi connectivity index (χ1v) is 7.40. The Kier molecular flexibility index (Phi) is 3.33. The summed E-state index contributed by atoms with van der Waals surface area (Å²) in [5.74, 6) is 4.50. The fourth-order valence-electron chi connectivity index (χ4n) is 3.89. The Morgan fingerprint density at radius 2 is 2.16 bits per heavy atom. The second-order valence-electron chi connectivity index (χ2n) is 6.41. The van der Waals surface area contributed by atoms with E-state index in [1.807, 2.05) is 31.3 Å². The van der Waals surface area contributed by atoms with Crippen LogP contribution < -0.4 is 10.2 Å². The van der Waals surface area contributed by atoms with Gasteiger partial charge in [-0.3, -0.25) is 0 Å². The Morgan fingerprint density at radius 3 is 2.79 bits per heavy atom. The van der Waals surface area contributed by atoms with E-state index in [2.05, 4.69) is 22.2 Å². The monoisotopic (exact) mass is 260 g/mol. The molecule has 2 fully saturated rings. The highest BCUT2D eigenvalue weighted by atomic mass is 15.2. The molecule has 2 aliphatic rings. The lowest BCUT2D eigenvalue weighted by molar-refractivity contribution is 0.304. The molecule has 1 heterocycles. The molecule has 2 aliphatic carbocycles. The van der Waals surface area contributed by atoms with E-state index in [0.29, 0.717) is 6.04 Å². The summed E-state index contributed by atoms with van der Waals surface area (Å²) in [5.41, 5.74) is 0. The lowest BCUT2D eigenvalue weighted by atomic mass is 9.84. The van der Waals surface area contributed by atoms with E-state index >= 15 is 0 Å². The van der Waals surface area contributed by atoms with Crippen LogP contribution >= 0.6 is 0 Å². The maximum Gasteiger partial charge on any atom is 0.226 e. The minimum atomic E-state index is 0.514. The molecule has 1 aromatic rings. The number of nitrogens with zero attached hydrogens (tertiary/aromatic N) is 3. The quantitative estimate of drug-likeness (QED) is 0.904. The Bertz CT molecular complexity index is 446. The molecule has 3 rings (SSSR count). The fraction of sp³-hybridized carbons (Fsp3) is 0.733. The zero-order valence-electron chi connectivity index (χ0n) is 12.1. The summed E-state index contributed by atoms with van der Waals surface area (Å²) in [4.78, 5) is 10.7. The van der Waals surface area contributed by atoms with Crippen molar-refractivity contribution in [2.75, 3.05) is 24.3 Å². The summed E-state index contributed by atoms with van der Waals surface area (Å²) in [6.07, 6.45) is 7.60. The van der Waals surface area contributed by atoms with E-state index in [4.69, 9.17) is 0 Å². The van der Waals surface area contributed by atoms with E-state index < -0.39 is 0 Å². The third kappa shape index (κ3) is 2.53. The normalized spacial score (nSPS) is 30.4. The molecule has 0 amide bonds. The SMILES string of the molecule is CC(Nc1ccnc(N(C)C)n1)C1CC2CCC1C2. The van der Waals surface area contributed by atoms with E-state index in [0.717, 1.165) is 29.5 Å². The van der Waals surface area contributed by atoms with Gasteiger partial charge in [-0.15, -0.1) is 0 Å². The molecule has 2 bridgehead atoms. The molecule has 104 valence electrons. The van der Waals surface area contributed by atoms with Gasteiger partial charge in [-0.05, 0) is 50.0 Å². The highest BCUT2D eigenvalue weighted by Gasteiger charge is 2.41. The average Bonchev–Trinajstić information content (AvgIpc) is 3.01. The third-order valence-corrected chi connectivity index (χ3v) is 4.85. The lowest BCUT2D eigenvalue weighted by Gasteiger charge is -2.29. The van der Waals surface area contributed by atoms with E-state index in [1.165, 1.54) is 25.7 Å². The zero-order valence-corrected chi connectivity index (χ0v) is 12.1. The maximum absolute atomic E-state index is 4.55. The van der Waals surface area contributed by atoms with Gasteiger partial charge in [-0.2, -0.15) is 4.98 Å². The summed E-state index contributed by atoms with van der Waals surface area (Å²) in [6.45, 7) is 2.31. The van der Waals surface area contributed by atoms with Crippen molar-refractivity contribution in [3.63, 3.8) is 0 Å². The summed E-state index contributed by atoms with van der Waals surface area (Å²) >= 11 is 0. The van der Waals surface area contributed by atoms with Crippen LogP contribution in [0.25, 0.3) is 0 Å². The van der Waals surface area contributed by atoms with Crippen LogP contribution in [0, 0.1) is 17.8 Å². The van der Waals surface area contributed by atoms with Gasteiger partial charge in [0.15, 0.2) is 0 Å². The summed E-state index contributed by atoms with van der Waals surface area (Å²) in [5, 5.41) is 3.59. The number of anilines is 2. The van der Waals surface area contributed by atoms with Crippen molar-refractivity contribution >= 4 is 11.8 Å². The molecule has 1 N–H and O–H groups in total. The summed E-state index contributed by atoms with van der Waals surface area (Å²) in [7, 11) is 3.94. The van der Waals surface area contributed by atoms with Crippen LogP contribution in [-0.4, -0.2) is 30.1 Å². The van der Waals surface area contributed by atoms with Crippen LogP contribution in [0.5, 0.6) is 0 Å².